The van der Waals surface area contributed by atoms with Crippen molar-refractivity contribution in [3.05, 3.63) is 11.6 Å². The van der Waals surface area contributed by atoms with E-state index in [-0.39, 0.29) is 18.6 Å². The van der Waals surface area contributed by atoms with Gasteiger partial charge in [0.25, 0.3) is 0 Å². The minimum absolute atomic E-state index is 0.115. The highest BCUT2D eigenvalue weighted by Gasteiger charge is 2.80. The third-order valence-electron chi connectivity index (χ3n) is 9.47. The molecule has 0 aromatic rings. The molecule has 5 rings (SSSR count). The second-order valence-electron chi connectivity index (χ2n) is 11.2. The number of rotatable bonds is 2. The zero-order valence-corrected chi connectivity index (χ0v) is 18.9. The van der Waals surface area contributed by atoms with Crippen LogP contribution in [0.25, 0.3) is 0 Å². The predicted molar refractivity (Wildman–Crippen MR) is 109 cm³/mol. The number of fused-ring (bicyclic) bond motifs is 7. The van der Waals surface area contributed by atoms with Crippen molar-refractivity contribution < 1.29 is 38.5 Å². The van der Waals surface area contributed by atoms with Gasteiger partial charge in [0.2, 0.25) is 0 Å². The van der Waals surface area contributed by atoms with E-state index >= 15 is 4.39 Å². The van der Waals surface area contributed by atoms with Crippen molar-refractivity contribution >= 4 is 17.3 Å². The fraction of sp³-hybridized carbons (Fsp3) is 0.792. The Kier molecular flexibility index (Phi) is 4.42. The average Bonchev–Trinajstić information content (AvgIpc) is 3.10. The van der Waals surface area contributed by atoms with Crippen LogP contribution in [0.15, 0.2) is 11.6 Å². The quantitative estimate of drug-likeness (QED) is 0.618. The molecule has 176 valence electrons. The topological polar surface area (TPSA) is 110 Å². The highest BCUT2D eigenvalue weighted by Crippen LogP contribution is 2.72. The van der Waals surface area contributed by atoms with Gasteiger partial charge in [0.05, 0.1) is 24.0 Å². The summed E-state index contributed by atoms with van der Waals surface area (Å²) in [5.74, 6) is -3.54. The molecule has 4 aliphatic carbocycles. The zero-order chi connectivity index (χ0) is 23.5. The fourth-order valence-electron chi connectivity index (χ4n) is 8.15. The van der Waals surface area contributed by atoms with Crippen molar-refractivity contribution in [3.63, 3.8) is 0 Å². The monoisotopic (exact) mass is 450 g/mol. The van der Waals surface area contributed by atoms with Gasteiger partial charge in [0.1, 0.15) is 6.61 Å². The van der Waals surface area contributed by atoms with Crippen molar-refractivity contribution in [1.82, 2.24) is 0 Å². The summed E-state index contributed by atoms with van der Waals surface area (Å²) >= 11 is 0. The molecule has 8 heteroatoms. The summed E-state index contributed by atoms with van der Waals surface area (Å²) in [4.78, 5) is 38.3. The number of carbonyl (C=O) groups excluding carboxylic acids is 3. The van der Waals surface area contributed by atoms with Crippen LogP contribution < -0.4 is 0 Å². The number of hydrogen-bond acceptors (Lipinski definition) is 7. The Hall–Kier alpha value is -1.48. The summed E-state index contributed by atoms with van der Waals surface area (Å²) in [7, 11) is 0. The lowest BCUT2D eigenvalue weighted by molar-refractivity contribution is -0.248. The van der Waals surface area contributed by atoms with Crippen LogP contribution in [0.5, 0.6) is 0 Å². The highest BCUT2D eigenvalue weighted by atomic mass is 19.1. The Labute approximate surface area is 186 Å². The number of hydrogen-bond donors (Lipinski definition) is 2. The molecule has 3 saturated carbocycles. The molecule has 0 spiro atoms. The molecule has 0 aromatic heterocycles. The van der Waals surface area contributed by atoms with E-state index in [0.717, 1.165) is 0 Å². The second kappa shape index (κ2) is 6.34. The van der Waals surface area contributed by atoms with E-state index in [1.165, 1.54) is 13.0 Å². The molecule has 32 heavy (non-hydrogen) atoms. The Morgan fingerprint density at radius 1 is 1.22 bits per heavy atom. The van der Waals surface area contributed by atoms with Crippen LogP contribution in [0.1, 0.15) is 59.8 Å². The minimum Gasteiger partial charge on any atom is -0.390 e. The van der Waals surface area contributed by atoms with Crippen LogP contribution in [0.3, 0.4) is 0 Å². The molecule has 8 unspecified atom stereocenters. The Balaban J connectivity index is 1.65. The molecular weight excluding hydrogens is 419 g/mol. The number of Topliss-reactive ketones (excluding diaryl/α,β-unsaturated/α-hetero) is 2. The van der Waals surface area contributed by atoms with E-state index in [9.17, 15) is 24.6 Å². The van der Waals surface area contributed by atoms with E-state index in [1.807, 2.05) is 6.92 Å². The first-order valence-electron chi connectivity index (χ1n) is 11.4. The molecule has 7 nitrogen and oxygen atoms in total. The Morgan fingerprint density at radius 3 is 2.56 bits per heavy atom. The lowest BCUT2D eigenvalue weighted by Crippen LogP contribution is -2.71. The Bertz CT molecular complexity index is 958. The first kappa shape index (κ1) is 22.3. The SMILES string of the molecule is CC1(C)OC2CC3C4CCC5=CC(=O)CC(=O)C5(C)C4(F)C(O)CC3(C)C2(C(=O)CO)O1. The Morgan fingerprint density at radius 2 is 1.91 bits per heavy atom. The van der Waals surface area contributed by atoms with Crippen LogP contribution in [-0.2, 0) is 23.9 Å². The number of alkyl halides is 1. The molecular formula is C24H31FO7. The summed E-state index contributed by atoms with van der Waals surface area (Å²) in [6.45, 7) is 5.99. The van der Waals surface area contributed by atoms with Gasteiger partial charge in [-0.15, -0.1) is 0 Å². The number of aliphatic hydroxyl groups is 2. The number of ether oxygens (including phenoxy) is 2. The minimum atomic E-state index is -2.27. The third kappa shape index (κ3) is 2.27. The average molecular weight is 451 g/mol. The number of halogens is 1. The maximum absolute atomic E-state index is 17.2. The maximum atomic E-state index is 17.2. The summed E-state index contributed by atoms with van der Waals surface area (Å²) in [5, 5.41) is 21.2. The normalized spacial score (nSPS) is 51.4. The van der Waals surface area contributed by atoms with Gasteiger partial charge in [-0.2, -0.15) is 0 Å². The van der Waals surface area contributed by atoms with Gasteiger partial charge in [-0.25, -0.2) is 4.39 Å². The van der Waals surface area contributed by atoms with Crippen molar-refractivity contribution in [2.75, 3.05) is 6.61 Å². The summed E-state index contributed by atoms with van der Waals surface area (Å²) in [6, 6.07) is 0. The molecule has 0 amide bonds. The molecule has 0 bridgehead atoms. The number of carbonyl (C=O) groups is 3. The van der Waals surface area contributed by atoms with Crippen molar-refractivity contribution in [2.24, 2.45) is 22.7 Å². The van der Waals surface area contributed by atoms with E-state index < -0.39 is 70.1 Å². The third-order valence-corrected chi connectivity index (χ3v) is 9.47. The van der Waals surface area contributed by atoms with Crippen molar-refractivity contribution in [3.8, 4) is 0 Å². The fourth-order valence-corrected chi connectivity index (χ4v) is 8.15. The van der Waals surface area contributed by atoms with Gasteiger partial charge in [0, 0.05) is 11.3 Å². The van der Waals surface area contributed by atoms with E-state index in [0.29, 0.717) is 24.8 Å². The zero-order valence-electron chi connectivity index (χ0n) is 18.9. The molecule has 1 heterocycles. The van der Waals surface area contributed by atoms with E-state index in [1.54, 1.807) is 13.8 Å². The van der Waals surface area contributed by atoms with Gasteiger partial charge >= 0.3 is 0 Å². The first-order chi connectivity index (χ1) is 14.8. The van der Waals surface area contributed by atoms with Crippen LogP contribution in [0, 0.1) is 22.7 Å². The number of ketones is 3. The van der Waals surface area contributed by atoms with E-state index in [4.69, 9.17) is 9.47 Å². The van der Waals surface area contributed by atoms with Crippen LogP contribution in [0.2, 0.25) is 0 Å². The van der Waals surface area contributed by atoms with Crippen molar-refractivity contribution in [1.29, 1.82) is 0 Å². The van der Waals surface area contributed by atoms with Crippen LogP contribution in [-0.4, -0.2) is 63.4 Å². The number of aliphatic hydroxyl groups excluding tert-OH is 2. The van der Waals surface area contributed by atoms with Gasteiger partial charge in [-0.1, -0.05) is 12.5 Å². The lowest BCUT2D eigenvalue weighted by atomic mass is 9.43. The summed E-state index contributed by atoms with van der Waals surface area (Å²) in [6.07, 6.45) is -0.285. The second-order valence-corrected chi connectivity index (χ2v) is 11.2. The van der Waals surface area contributed by atoms with E-state index in [2.05, 4.69) is 0 Å². The highest BCUT2D eigenvalue weighted by molar-refractivity contribution is 6.11. The molecule has 8 atom stereocenters. The summed E-state index contributed by atoms with van der Waals surface area (Å²) in [5.41, 5.74) is -5.89. The van der Waals surface area contributed by atoms with Gasteiger partial charge in [0.15, 0.2) is 34.4 Å². The molecule has 1 aliphatic heterocycles. The molecule has 0 aromatic carbocycles. The molecule has 1 saturated heterocycles. The van der Waals surface area contributed by atoms with Gasteiger partial charge in [-0.3, -0.25) is 14.4 Å². The smallest absolute Gasteiger partial charge is 0.193 e. The maximum Gasteiger partial charge on any atom is 0.193 e. The largest absolute Gasteiger partial charge is 0.390 e. The first-order valence-corrected chi connectivity index (χ1v) is 11.4. The predicted octanol–water partition coefficient (Wildman–Crippen LogP) is 1.82. The van der Waals surface area contributed by atoms with Crippen LogP contribution >= 0.6 is 0 Å². The molecule has 0 radical (unpaired) electrons. The molecule has 5 aliphatic rings. The number of allylic oxidation sites excluding steroid dienone is 1. The lowest BCUT2D eigenvalue weighted by Gasteiger charge is -2.62. The molecule has 2 N–H and O–H groups in total. The van der Waals surface area contributed by atoms with Crippen molar-refractivity contribution in [2.45, 2.75) is 89.1 Å². The standard InChI is InChI=1S/C24H31FO7/c1-20(2)31-19-9-15-14-6-5-12-7-13(27)8-16(28)22(12,4)23(14,25)17(29)10-21(15,3)24(19,32-20)18(30)11-26/h7,14-15,17,19,26,29H,5-6,8-11H2,1-4H3. The van der Waals surface area contributed by atoms with Gasteiger partial charge < -0.3 is 19.7 Å². The molecule has 4 fully saturated rings. The van der Waals surface area contributed by atoms with Crippen LogP contribution in [0.4, 0.5) is 4.39 Å². The summed E-state index contributed by atoms with van der Waals surface area (Å²) < 4.78 is 29.5. The van der Waals surface area contributed by atoms with Gasteiger partial charge in [-0.05, 0) is 58.4 Å².